The first-order chi connectivity index (χ1) is 13.2. The van der Waals surface area contributed by atoms with Crippen LogP contribution >= 0.6 is 22.9 Å². The van der Waals surface area contributed by atoms with Crippen molar-refractivity contribution in [2.45, 2.75) is 38.6 Å². The van der Waals surface area contributed by atoms with Gasteiger partial charge in [0.25, 0.3) is 11.6 Å². The van der Waals surface area contributed by atoms with Gasteiger partial charge in [0, 0.05) is 33.4 Å². The number of nitrogens with zero attached hydrogens (tertiary/aromatic N) is 2. The average Bonchev–Trinajstić information content (AvgIpc) is 2.97. The molecule has 0 saturated heterocycles. The first kappa shape index (κ1) is 18.9. The van der Waals surface area contributed by atoms with Gasteiger partial charge in [-0.15, -0.1) is 11.3 Å². The molecule has 1 amide bonds. The number of fused-ring (bicyclic) bond motifs is 2. The van der Waals surface area contributed by atoms with E-state index in [4.69, 9.17) is 11.6 Å². The summed E-state index contributed by atoms with van der Waals surface area (Å²) in [6.45, 7) is 6.29. The zero-order chi connectivity index (χ0) is 20.2. The fourth-order valence-corrected chi connectivity index (χ4v) is 5.65. The number of amides is 1. The average molecular weight is 415 g/mol. The molecule has 0 spiro atoms. The highest BCUT2D eigenvalue weighted by molar-refractivity contribution is 7.21. The second-order valence-electron chi connectivity index (χ2n) is 7.80. The highest BCUT2D eigenvalue weighted by Gasteiger charge is 2.41. The molecule has 28 heavy (non-hydrogen) atoms. The highest BCUT2D eigenvalue weighted by Crippen LogP contribution is 2.46. The van der Waals surface area contributed by atoms with Crippen molar-refractivity contribution in [2.75, 3.05) is 4.90 Å². The minimum atomic E-state index is -0.445. The second-order valence-corrected chi connectivity index (χ2v) is 9.23. The number of nitro benzene ring substituents is 1. The van der Waals surface area contributed by atoms with E-state index in [-0.39, 0.29) is 17.1 Å². The maximum absolute atomic E-state index is 13.6. The third kappa shape index (κ3) is 2.88. The van der Waals surface area contributed by atoms with E-state index in [9.17, 15) is 14.9 Å². The molecule has 1 atom stereocenters. The molecule has 0 fully saturated rings. The Labute approximate surface area is 171 Å². The van der Waals surface area contributed by atoms with Gasteiger partial charge in [0.05, 0.1) is 9.95 Å². The molecule has 4 rings (SSSR count). The lowest BCUT2D eigenvalue weighted by Crippen LogP contribution is -2.51. The quantitative estimate of drug-likeness (QED) is 0.360. The summed E-state index contributed by atoms with van der Waals surface area (Å²) in [6, 6.07) is 12.4. The molecule has 0 N–H and O–H groups in total. The fourth-order valence-electron chi connectivity index (χ4n) is 4.18. The number of hydrogen-bond acceptors (Lipinski definition) is 4. The Morgan fingerprint density at radius 2 is 2.00 bits per heavy atom. The molecule has 144 valence electrons. The molecule has 2 aromatic carbocycles. The number of para-hydroxylation sites is 1. The summed E-state index contributed by atoms with van der Waals surface area (Å²) in [5.41, 5.74) is 1.65. The number of non-ortho nitro benzene ring substituents is 1. The Bertz CT molecular complexity index is 1120. The van der Waals surface area contributed by atoms with Gasteiger partial charge in [-0.1, -0.05) is 36.7 Å². The molecule has 1 aliphatic rings. The van der Waals surface area contributed by atoms with Crippen LogP contribution in [0.3, 0.4) is 0 Å². The van der Waals surface area contributed by atoms with Gasteiger partial charge in [0.1, 0.15) is 4.88 Å². The van der Waals surface area contributed by atoms with E-state index in [1.54, 1.807) is 6.07 Å². The van der Waals surface area contributed by atoms with Gasteiger partial charge in [-0.3, -0.25) is 14.9 Å². The van der Waals surface area contributed by atoms with Crippen LogP contribution in [0, 0.1) is 10.1 Å². The molecule has 1 aromatic heterocycles. The number of anilines is 1. The van der Waals surface area contributed by atoms with Crippen LogP contribution in [-0.2, 0) is 0 Å². The predicted molar refractivity (Wildman–Crippen MR) is 114 cm³/mol. The van der Waals surface area contributed by atoms with E-state index >= 15 is 0 Å². The Kier molecular flexibility index (Phi) is 4.43. The number of thiophene rings is 1. The molecule has 2 heterocycles. The SMILES string of the molecule is C[C@H]1CC(C)(C)N(C(=O)c2sc3cc([N+](=O)[O-])ccc3c2Cl)c2ccccc21. The van der Waals surface area contributed by atoms with Crippen molar-refractivity contribution in [3.8, 4) is 0 Å². The summed E-state index contributed by atoms with van der Waals surface area (Å²) in [4.78, 5) is 26.5. The van der Waals surface area contributed by atoms with Crippen molar-refractivity contribution in [3.05, 3.63) is 68.0 Å². The molecular weight excluding hydrogens is 396 g/mol. The van der Waals surface area contributed by atoms with Crippen molar-refractivity contribution in [1.82, 2.24) is 0 Å². The van der Waals surface area contributed by atoms with Crippen LogP contribution in [0.5, 0.6) is 0 Å². The normalized spacial score (nSPS) is 18.1. The van der Waals surface area contributed by atoms with Crippen LogP contribution in [0.25, 0.3) is 10.1 Å². The first-order valence-electron chi connectivity index (χ1n) is 9.00. The number of rotatable bonds is 2. The molecule has 3 aromatic rings. The van der Waals surface area contributed by atoms with E-state index < -0.39 is 4.92 Å². The van der Waals surface area contributed by atoms with Crippen LogP contribution in [0.15, 0.2) is 42.5 Å². The minimum Gasteiger partial charge on any atom is -0.302 e. The van der Waals surface area contributed by atoms with Gasteiger partial charge < -0.3 is 4.90 Å². The van der Waals surface area contributed by atoms with Crippen molar-refractivity contribution < 1.29 is 9.72 Å². The summed E-state index contributed by atoms with van der Waals surface area (Å²) < 4.78 is 0.638. The molecule has 0 unspecified atom stereocenters. The topological polar surface area (TPSA) is 63.5 Å². The zero-order valence-corrected chi connectivity index (χ0v) is 17.3. The number of carbonyl (C=O) groups is 1. The van der Waals surface area contributed by atoms with Crippen LogP contribution in [-0.4, -0.2) is 16.4 Å². The van der Waals surface area contributed by atoms with Gasteiger partial charge >= 0.3 is 0 Å². The molecule has 0 radical (unpaired) electrons. The maximum atomic E-state index is 13.6. The lowest BCUT2D eigenvalue weighted by Gasteiger charge is -2.45. The standard InChI is InChI=1S/C21H19ClN2O3S/c1-12-11-21(2,3)23(16-7-5-4-6-14(12)16)20(25)19-18(22)15-9-8-13(24(26)27)10-17(15)28-19/h4-10,12H,11H2,1-3H3/t12-/m0/s1. The van der Waals surface area contributed by atoms with E-state index in [1.165, 1.54) is 23.5 Å². The largest absolute Gasteiger partial charge is 0.302 e. The van der Waals surface area contributed by atoms with E-state index in [1.807, 2.05) is 23.1 Å². The summed E-state index contributed by atoms with van der Waals surface area (Å²) in [7, 11) is 0. The monoisotopic (exact) mass is 414 g/mol. The Morgan fingerprint density at radius 1 is 1.29 bits per heavy atom. The molecule has 0 aliphatic carbocycles. The van der Waals surface area contributed by atoms with Gasteiger partial charge in [-0.2, -0.15) is 0 Å². The number of nitro groups is 1. The lowest BCUT2D eigenvalue weighted by atomic mass is 9.80. The van der Waals surface area contributed by atoms with Crippen LogP contribution in [0.4, 0.5) is 11.4 Å². The smallest absolute Gasteiger partial charge is 0.270 e. The van der Waals surface area contributed by atoms with E-state index in [0.717, 1.165) is 17.7 Å². The zero-order valence-electron chi connectivity index (χ0n) is 15.7. The first-order valence-corrected chi connectivity index (χ1v) is 10.2. The Morgan fingerprint density at radius 3 is 2.71 bits per heavy atom. The van der Waals surface area contributed by atoms with Crippen LogP contribution in [0.2, 0.25) is 5.02 Å². The molecule has 0 saturated carbocycles. The fraction of sp³-hybridized carbons (Fsp3) is 0.286. The molecule has 0 bridgehead atoms. The Balaban J connectivity index is 1.86. The van der Waals surface area contributed by atoms with Gasteiger partial charge in [0.2, 0.25) is 0 Å². The number of carbonyl (C=O) groups excluding carboxylic acids is 1. The molecule has 5 nitrogen and oxygen atoms in total. The molecule has 1 aliphatic heterocycles. The Hall–Kier alpha value is -2.44. The summed E-state index contributed by atoms with van der Waals surface area (Å²) in [6.07, 6.45) is 0.837. The second kappa shape index (κ2) is 6.57. The van der Waals surface area contributed by atoms with Gasteiger partial charge in [-0.25, -0.2) is 0 Å². The number of halogens is 1. The van der Waals surface area contributed by atoms with E-state index in [2.05, 4.69) is 26.8 Å². The summed E-state index contributed by atoms with van der Waals surface area (Å²) in [5, 5.41) is 12.1. The summed E-state index contributed by atoms with van der Waals surface area (Å²) in [5.74, 6) is 0.175. The van der Waals surface area contributed by atoms with Crippen molar-refractivity contribution in [3.63, 3.8) is 0 Å². The van der Waals surface area contributed by atoms with Gasteiger partial charge in [0.15, 0.2) is 0 Å². The predicted octanol–water partition coefficient (Wildman–Crippen LogP) is 6.40. The minimum absolute atomic E-state index is 0.0121. The van der Waals surface area contributed by atoms with Gasteiger partial charge in [-0.05, 0) is 43.9 Å². The third-order valence-corrected chi connectivity index (χ3v) is 6.99. The molecule has 7 heteroatoms. The molecular formula is C21H19ClN2O3S. The summed E-state index contributed by atoms with van der Waals surface area (Å²) >= 11 is 7.75. The van der Waals surface area contributed by atoms with Crippen molar-refractivity contribution in [1.29, 1.82) is 0 Å². The van der Waals surface area contributed by atoms with Crippen molar-refractivity contribution >= 4 is 50.3 Å². The van der Waals surface area contributed by atoms with Crippen LogP contribution in [0.1, 0.15) is 48.3 Å². The number of hydrogen-bond donors (Lipinski definition) is 0. The third-order valence-electron chi connectivity index (χ3n) is 5.34. The number of benzene rings is 2. The highest BCUT2D eigenvalue weighted by atomic mass is 35.5. The van der Waals surface area contributed by atoms with Crippen molar-refractivity contribution in [2.24, 2.45) is 0 Å². The van der Waals surface area contributed by atoms with E-state index in [0.29, 0.717) is 25.9 Å². The van der Waals surface area contributed by atoms with Crippen LogP contribution < -0.4 is 4.90 Å². The lowest BCUT2D eigenvalue weighted by molar-refractivity contribution is -0.384. The maximum Gasteiger partial charge on any atom is 0.270 e.